The van der Waals surface area contributed by atoms with Gasteiger partial charge >= 0.3 is 61.6 Å². The molecule has 17 heteroatoms. The fraction of sp³-hybridized carbons (Fsp3) is 0.724. The van der Waals surface area contributed by atoms with E-state index in [2.05, 4.69) is 13.8 Å². The summed E-state index contributed by atoms with van der Waals surface area (Å²) in [6.45, 7) is 5.07. The van der Waals surface area contributed by atoms with Crippen LogP contribution < -0.4 is 0 Å². The molecule has 0 aliphatic rings. The van der Waals surface area contributed by atoms with Crippen molar-refractivity contribution in [2.45, 2.75) is 232 Å². The Hall–Kier alpha value is -2.60. The van der Waals surface area contributed by atoms with Crippen molar-refractivity contribution in [3.05, 3.63) is 70.8 Å². The van der Waals surface area contributed by atoms with E-state index in [0.717, 1.165) is 38.5 Å². The zero-order chi connectivity index (χ0) is 54.4. The second-order valence-corrected chi connectivity index (χ2v) is 22.5. The van der Waals surface area contributed by atoms with Gasteiger partial charge in [0.1, 0.15) is 0 Å². The van der Waals surface area contributed by atoms with Crippen LogP contribution in [0.25, 0.3) is 0 Å². The van der Waals surface area contributed by atoms with E-state index in [0.29, 0.717) is 13.2 Å². The summed E-state index contributed by atoms with van der Waals surface area (Å²) in [5.41, 5.74) is 0.520. The summed E-state index contributed by atoms with van der Waals surface area (Å²) in [4.78, 5) is 49.6. The molecule has 0 bridgehead atoms. The first-order chi connectivity index (χ1) is 35.7. The number of esters is 4. The number of hydrogen-bond donors (Lipinski definition) is 0. The first kappa shape index (κ1) is 72.4. The molecule has 0 saturated heterocycles. The molecule has 0 atom stereocenters. The van der Waals surface area contributed by atoms with Crippen LogP contribution in [-0.4, -0.2) is 125 Å². The Morgan fingerprint density at radius 1 is 0.320 bits per heavy atom. The van der Waals surface area contributed by atoms with Crippen molar-refractivity contribution >= 4 is 81.9 Å². The van der Waals surface area contributed by atoms with Crippen LogP contribution in [0.4, 0.5) is 0 Å². The molecule has 2 aromatic rings. The third-order valence-corrected chi connectivity index (χ3v) is 14.3. The van der Waals surface area contributed by atoms with Gasteiger partial charge in [-0.15, -0.1) is 0 Å². The van der Waals surface area contributed by atoms with Gasteiger partial charge in [-0.3, -0.25) is 0 Å². The van der Waals surface area contributed by atoms with Gasteiger partial charge in [0.05, 0.1) is 68.9 Å². The molecule has 0 fully saturated rings. The van der Waals surface area contributed by atoms with Gasteiger partial charge in [0.2, 0.25) is 0 Å². The van der Waals surface area contributed by atoms with Crippen molar-refractivity contribution in [2.75, 3.05) is 37.9 Å². The molecule has 0 aliphatic heterocycles. The maximum absolute atomic E-state index is 12.5. The monoisotopic (exact) mass is 1120 g/mol. The molecule has 75 heavy (non-hydrogen) atoms. The fourth-order valence-electron chi connectivity index (χ4n) is 8.36. The fourth-order valence-corrected chi connectivity index (χ4v) is 9.47. The number of hydrogen-bond acceptors (Lipinski definition) is 14. The molecular formula is C58H94CaO14S2. The van der Waals surface area contributed by atoms with E-state index in [1.165, 1.54) is 178 Å². The molecule has 14 nitrogen and oxygen atoms in total. The quantitative estimate of drug-likeness (QED) is 0.0198. The van der Waals surface area contributed by atoms with Gasteiger partial charge in [-0.2, -0.15) is 0 Å². The predicted molar refractivity (Wildman–Crippen MR) is 297 cm³/mol. The van der Waals surface area contributed by atoms with Gasteiger partial charge in [0.15, 0.2) is 0 Å². The molecule has 0 amide bonds. The van der Waals surface area contributed by atoms with Gasteiger partial charge in [0, 0.05) is 11.5 Å². The number of unbranched alkanes of at least 4 members (excludes halogenated alkanes) is 30. The molecule has 0 saturated carbocycles. The van der Waals surface area contributed by atoms with Crippen molar-refractivity contribution in [1.29, 1.82) is 0 Å². The third-order valence-electron chi connectivity index (χ3n) is 12.7. The van der Waals surface area contributed by atoms with E-state index < -0.39 is 55.6 Å². The third kappa shape index (κ3) is 43.0. The molecular weight excluding hydrogens is 1020 g/mol. The average Bonchev–Trinajstić information content (AvgIpc) is 3.37. The van der Waals surface area contributed by atoms with Crippen LogP contribution in [0.15, 0.2) is 48.5 Å². The average molecular weight is 1120 g/mol. The Kier molecular flexibility index (Phi) is 46.8. The van der Waals surface area contributed by atoms with E-state index in [-0.39, 0.29) is 98.9 Å². The summed E-state index contributed by atoms with van der Waals surface area (Å²) in [5, 5.41) is 0. The van der Waals surface area contributed by atoms with Crippen LogP contribution in [0.5, 0.6) is 0 Å². The maximum Gasteiger partial charge on any atom is 2.00 e. The summed E-state index contributed by atoms with van der Waals surface area (Å²) in [7, 11) is -8.55. The largest absolute Gasteiger partial charge is 2.00 e. The Morgan fingerprint density at radius 3 is 0.680 bits per heavy atom. The molecule has 0 unspecified atom stereocenters. The first-order valence-electron chi connectivity index (χ1n) is 28.4. The Bertz CT molecular complexity index is 1850. The number of ether oxygens (including phenoxy) is 4. The molecule has 0 aliphatic carbocycles. The second-order valence-electron chi connectivity index (χ2n) is 19.5. The zero-order valence-electron chi connectivity index (χ0n) is 46.1. The smallest absolute Gasteiger partial charge is 0.748 e. The number of benzene rings is 2. The van der Waals surface area contributed by atoms with E-state index in [4.69, 9.17) is 18.9 Å². The predicted octanol–water partition coefficient (Wildman–Crippen LogP) is 14.0. The normalized spacial score (nSPS) is 11.3. The van der Waals surface area contributed by atoms with Crippen LogP contribution >= 0.6 is 0 Å². The molecule has 0 radical (unpaired) electrons. The zero-order valence-corrected chi connectivity index (χ0v) is 50.0. The number of carbonyl (C=O) groups excluding carboxylic acids is 4. The molecule has 0 N–H and O–H groups in total. The molecule has 2 rings (SSSR count). The second kappa shape index (κ2) is 48.5. The van der Waals surface area contributed by atoms with Crippen LogP contribution in [-0.2, 0) is 39.2 Å². The van der Waals surface area contributed by atoms with E-state index in [1.807, 2.05) is 0 Å². The Labute approximate surface area is 483 Å². The van der Waals surface area contributed by atoms with Gasteiger partial charge in [-0.05, 0) is 62.8 Å². The van der Waals surface area contributed by atoms with Crippen LogP contribution in [0.2, 0.25) is 0 Å². The van der Waals surface area contributed by atoms with Crippen LogP contribution in [0.3, 0.4) is 0 Å². The summed E-state index contributed by atoms with van der Waals surface area (Å²) in [6, 6.07) is 12.6. The van der Waals surface area contributed by atoms with Crippen molar-refractivity contribution in [1.82, 2.24) is 0 Å². The van der Waals surface area contributed by atoms with Crippen molar-refractivity contribution in [3.8, 4) is 0 Å². The first-order valence-corrected chi connectivity index (χ1v) is 31.6. The van der Waals surface area contributed by atoms with E-state index in [1.54, 1.807) is 24.3 Å². The summed E-state index contributed by atoms with van der Waals surface area (Å²) in [6.07, 6.45) is 38.7. The van der Waals surface area contributed by atoms with Gasteiger partial charge in [-0.1, -0.05) is 218 Å². The van der Waals surface area contributed by atoms with E-state index >= 15 is 0 Å². The van der Waals surface area contributed by atoms with Crippen molar-refractivity contribution < 1.29 is 64.1 Å². The molecule has 0 spiro atoms. The minimum absolute atomic E-state index is 0. The molecule has 0 heterocycles. The summed E-state index contributed by atoms with van der Waals surface area (Å²) >= 11 is 0. The molecule has 0 aromatic heterocycles. The Balaban J connectivity index is 0.00000144. The molecule has 2 aromatic carbocycles. The van der Waals surface area contributed by atoms with Crippen molar-refractivity contribution in [2.24, 2.45) is 0 Å². The number of rotatable bonds is 46. The Morgan fingerprint density at radius 2 is 0.493 bits per heavy atom. The standard InChI is InChI=1S/2C29H48O7S.Ca/c2*1-2-3-4-5-6-7-8-9-10-11-12-13-14-15-18-23-35-28(30)26-21-16-17-22-27(26)29(31)36-24-19-20-25-37(32,33)34;/h2*16-17,21-22H,2-15,18-20,23-25H2,1H3,(H,32,33,34);/q;;+2/p-2. The van der Waals surface area contributed by atoms with E-state index in [9.17, 15) is 45.1 Å². The van der Waals surface area contributed by atoms with Crippen LogP contribution in [0.1, 0.15) is 274 Å². The summed E-state index contributed by atoms with van der Waals surface area (Å²) < 4.78 is 84.6. The maximum atomic E-state index is 12.5. The van der Waals surface area contributed by atoms with Crippen molar-refractivity contribution in [3.63, 3.8) is 0 Å². The molecule has 424 valence electrons. The minimum atomic E-state index is -4.27. The SMILES string of the molecule is CCCCCCCCCCCCCCCCCOC(=O)c1ccccc1C(=O)OCCCCS(=O)(=O)[O-].CCCCCCCCCCCCCCCCCOC(=O)c1ccccc1C(=O)OCCCCS(=O)(=O)[O-].[Ca+2]. The summed E-state index contributed by atoms with van der Waals surface area (Å²) in [5.74, 6) is -3.46. The number of carbonyl (C=O) groups is 4. The minimum Gasteiger partial charge on any atom is -0.748 e. The van der Waals surface area contributed by atoms with Gasteiger partial charge in [-0.25, -0.2) is 36.0 Å². The topological polar surface area (TPSA) is 220 Å². The van der Waals surface area contributed by atoms with Gasteiger partial charge < -0.3 is 28.1 Å². The van der Waals surface area contributed by atoms with Gasteiger partial charge in [0.25, 0.3) is 0 Å². The van der Waals surface area contributed by atoms with Crippen LogP contribution in [0, 0.1) is 0 Å².